The van der Waals surface area contributed by atoms with Crippen LogP contribution >= 0.6 is 0 Å². The molecule has 3 rings (SSSR count). The summed E-state index contributed by atoms with van der Waals surface area (Å²) in [7, 11) is 1.43. The van der Waals surface area contributed by atoms with Crippen molar-refractivity contribution >= 4 is 11.8 Å². The van der Waals surface area contributed by atoms with Crippen molar-refractivity contribution in [2.75, 3.05) is 46.5 Å². The molecule has 2 saturated heterocycles. The number of hydrazine groups is 1. The second-order valence-electron chi connectivity index (χ2n) is 8.56. The molecule has 6 nitrogen and oxygen atoms in total. The molecule has 0 amide bonds. The van der Waals surface area contributed by atoms with E-state index in [1.54, 1.807) is 0 Å². The monoisotopic (exact) mass is 402 g/mol. The summed E-state index contributed by atoms with van der Waals surface area (Å²) in [6.45, 7) is 11.0. The van der Waals surface area contributed by atoms with Gasteiger partial charge >= 0.3 is 5.97 Å². The highest BCUT2D eigenvalue weighted by Gasteiger charge is 2.44. The standard InChI is InChI=1S/C23H34N2O4/c1-17-13-18(2)21(19(3)14-17)15-20(26)16-23(22(27)28-4)5-7-24(8-6-23)25-9-11-29-12-10-25/h13-14H,5-12,15-16H2,1-4H3. The third-order valence-corrected chi connectivity index (χ3v) is 6.45. The van der Waals surface area contributed by atoms with Crippen molar-refractivity contribution in [1.29, 1.82) is 0 Å². The summed E-state index contributed by atoms with van der Waals surface area (Å²) in [5.74, 6) is -0.130. The van der Waals surface area contributed by atoms with Crippen LogP contribution in [0.25, 0.3) is 0 Å². The Morgan fingerprint density at radius 2 is 1.55 bits per heavy atom. The first-order valence-electron chi connectivity index (χ1n) is 10.6. The van der Waals surface area contributed by atoms with Crippen LogP contribution in [0.4, 0.5) is 0 Å². The minimum atomic E-state index is -0.707. The number of hydrogen-bond acceptors (Lipinski definition) is 6. The van der Waals surface area contributed by atoms with Crippen LogP contribution in [0.3, 0.4) is 0 Å². The van der Waals surface area contributed by atoms with Crippen LogP contribution in [0.15, 0.2) is 12.1 Å². The Bertz CT molecular complexity index is 724. The van der Waals surface area contributed by atoms with Crippen LogP contribution in [-0.2, 0) is 25.5 Å². The smallest absolute Gasteiger partial charge is 0.312 e. The van der Waals surface area contributed by atoms with Crippen LogP contribution in [0.5, 0.6) is 0 Å². The molecule has 0 aromatic heterocycles. The lowest BCUT2D eigenvalue weighted by molar-refractivity contribution is -0.165. The molecule has 2 aliphatic heterocycles. The third kappa shape index (κ3) is 5.05. The van der Waals surface area contributed by atoms with Crippen LogP contribution in [0, 0.1) is 26.2 Å². The molecule has 0 N–H and O–H groups in total. The molecular formula is C23H34N2O4. The van der Waals surface area contributed by atoms with Crippen LogP contribution in [0.2, 0.25) is 0 Å². The summed E-state index contributed by atoms with van der Waals surface area (Å²) >= 11 is 0. The minimum absolute atomic E-state index is 0.116. The van der Waals surface area contributed by atoms with Gasteiger partial charge in [-0.25, -0.2) is 10.0 Å². The number of carbonyl (C=O) groups is 2. The molecule has 2 aliphatic rings. The number of rotatable bonds is 6. The molecule has 2 fully saturated rings. The normalized spacial score (nSPS) is 20.4. The van der Waals surface area contributed by atoms with E-state index in [9.17, 15) is 9.59 Å². The maximum absolute atomic E-state index is 13.0. The van der Waals surface area contributed by atoms with Crippen molar-refractivity contribution in [1.82, 2.24) is 10.0 Å². The zero-order valence-corrected chi connectivity index (χ0v) is 18.3. The molecule has 0 atom stereocenters. The molecule has 1 aromatic carbocycles. The number of hydrogen-bond donors (Lipinski definition) is 0. The van der Waals surface area contributed by atoms with E-state index in [1.807, 2.05) is 0 Å². The van der Waals surface area contributed by atoms with Crippen molar-refractivity contribution in [3.05, 3.63) is 34.4 Å². The lowest BCUT2D eigenvalue weighted by Crippen LogP contribution is -2.55. The zero-order valence-electron chi connectivity index (χ0n) is 18.3. The summed E-state index contributed by atoms with van der Waals surface area (Å²) in [6.07, 6.45) is 1.93. The molecule has 0 unspecified atom stereocenters. The second kappa shape index (κ2) is 9.37. The zero-order chi connectivity index (χ0) is 21.0. The van der Waals surface area contributed by atoms with Gasteiger partial charge in [0.1, 0.15) is 5.78 Å². The number of Topliss-reactive ketones (excluding diaryl/α,β-unsaturated/α-hetero) is 1. The van der Waals surface area contributed by atoms with E-state index in [4.69, 9.17) is 9.47 Å². The summed E-state index contributed by atoms with van der Waals surface area (Å²) in [5.41, 5.74) is 3.88. The van der Waals surface area contributed by atoms with Gasteiger partial charge in [0.2, 0.25) is 0 Å². The van der Waals surface area contributed by atoms with Crippen molar-refractivity contribution in [2.24, 2.45) is 5.41 Å². The van der Waals surface area contributed by atoms with E-state index in [2.05, 4.69) is 42.9 Å². The van der Waals surface area contributed by atoms with Gasteiger partial charge in [-0.3, -0.25) is 9.59 Å². The summed E-state index contributed by atoms with van der Waals surface area (Å²) in [5, 5.41) is 4.62. The topological polar surface area (TPSA) is 59.1 Å². The first kappa shape index (κ1) is 21.9. The fraction of sp³-hybridized carbons (Fsp3) is 0.652. The number of morpholine rings is 1. The number of ether oxygens (including phenoxy) is 2. The number of methoxy groups -OCH3 is 1. The summed E-state index contributed by atoms with van der Waals surface area (Å²) < 4.78 is 10.6. The van der Waals surface area contributed by atoms with Gasteiger partial charge in [0.05, 0.1) is 25.7 Å². The second-order valence-corrected chi connectivity index (χ2v) is 8.56. The fourth-order valence-electron chi connectivity index (χ4n) is 4.84. The van der Waals surface area contributed by atoms with Gasteiger partial charge in [-0.2, -0.15) is 0 Å². The van der Waals surface area contributed by atoms with Crippen molar-refractivity contribution in [2.45, 2.75) is 46.5 Å². The Hall–Kier alpha value is -1.76. The fourth-order valence-corrected chi connectivity index (χ4v) is 4.84. The molecule has 1 aromatic rings. The summed E-state index contributed by atoms with van der Waals surface area (Å²) in [4.78, 5) is 25.7. The number of benzene rings is 1. The van der Waals surface area contributed by atoms with Gasteiger partial charge in [-0.15, -0.1) is 0 Å². The minimum Gasteiger partial charge on any atom is -0.469 e. The first-order chi connectivity index (χ1) is 13.8. The van der Waals surface area contributed by atoms with E-state index in [1.165, 1.54) is 12.7 Å². The van der Waals surface area contributed by atoms with E-state index in [0.29, 0.717) is 19.3 Å². The van der Waals surface area contributed by atoms with Gasteiger partial charge in [0, 0.05) is 39.0 Å². The van der Waals surface area contributed by atoms with Gasteiger partial charge < -0.3 is 9.47 Å². The SMILES string of the molecule is COC(=O)C1(CC(=O)Cc2c(C)cc(C)cc2C)CCN(N2CCOCC2)CC1. The Morgan fingerprint density at radius 3 is 2.10 bits per heavy atom. The molecule has 0 radical (unpaired) electrons. The van der Waals surface area contributed by atoms with Crippen LogP contribution in [0.1, 0.15) is 41.5 Å². The van der Waals surface area contributed by atoms with E-state index in [-0.39, 0.29) is 18.2 Å². The van der Waals surface area contributed by atoms with Crippen molar-refractivity contribution < 1.29 is 19.1 Å². The van der Waals surface area contributed by atoms with Crippen molar-refractivity contribution in [3.63, 3.8) is 0 Å². The predicted octanol–water partition coefficient (Wildman–Crippen LogP) is 2.62. The van der Waals surface area contributed by atoms with E-state index in [0.717, 1.165) is 56.1 Å². The average Bonchev–Trinajstić information content (AvgIpc) is 2.71. The Morgan fingerprint density at radius 1 is 1.00 bits per heavy atom. The highest BCUT2D eigenvalue weighted by Crippen LogP contribution is 2.38. The lowest BCUT2D eigenvalue weighted by Gasteiger charge is -2.45. The van der Waals surface area contributed by atoms with Crippen LogP contribution in [-0.4, -0.2) is 68.3 Å². The summed E-state index contributed by atoms with van der Waals surface area (Å²) in [6, 6.07) is 4.24. The number of esters is 1. The van der Waals surface area contributed by atoms with Gasteiger partial charge in [0.15, 0.2) is 0 Å². The Balaban J connectivity index is 1.68. The third-order valence-electron chi connectivity index (χ3n) is 6.45. The molecule has 0 bridgehead atoms. The molecule has 160 valence electrons. The maximum Gasteiger partial charge on any atom is 0.312 e. The highest BCUT2D eigenvalue weighted by molar-refractivity contribution is 5.88. The molecule has 0 aliphatic carbocycles. The number of nitrogens with zero attached hydrogens (tertiary/aromatic N) is 2. The molecule has 6 heteroatoms. The number of aryl methyl sites for hydroxylation is 3. The van der Waals surface area contributed by atoms with Gasteiger partial charge in [0.25, 0.3) is 0 Å². The molecule has 29 heavy (non-hydrogen) atoms. The average molecular weight is 403 g/mol. The van der Waals surface area contributed by atoms with E-state index >= 15 is 0 Å². The van der Waals surface area contributed by atoms with Crippen LogP contribution < -0.4 is 0 Å². The Kier molecular flexibility index (Phi) is 7.09. The lowest BCUT2D eigenvalue weighted by atomic mass is 9.74. The Labute approximate surface area is 174 Å². The number of ketones is 1. The number of piperidine rings is 1. The quantitative estimate of drug-likeness (QED) is 0.682. The van der Waals surface area contributed by atoms with Gasteiger partial charge in [-0.1, -0.05) is 17.7 Å². The largest absolute Gasteiger partial charge is 0.469 e. The van der Waals surface area contributed by atoms with Gasteiger partial charge in [-0.05, 0) is 50.3 Å². The first-order valence-corrected chi connectivity index (χ1v) is 10.6. The van der Waals surface area contributed by atoms with E-state index < -0.39 is 5.41 Å². The molecular weight excluding hydrogens is 368 g/mol. The molecule has 2 heterocycles. The molecule has 0 saturated carbocycles. The maximum atomic E-state index is 13.0. The molecule has 0 spiro atoms. The predicted molar refractivity (Wildman–Crippen MR) is 112 cm³/mol. The number of carbonyl (C=O) groups excluding carboxylic acids is 2. The highest BCUT2D eigenvalue weighted by atomic mass is 16.5. The van der Waals surface area contributed by atoms with Crippen molar-refractivity contribution in [3.8, 4) is 0 Å².